The van der Waals surface area contributed by atoms with Crippen molar-refractivity contribution in [3.05, 3.63) is 35.4 Å². The van der Waals surface area contributed by atoms with Crippen molar-refractivity contribution in [2.75, 3.05) is 0 Å². The summed E-state index contributed by atoms with van der Waals surface area (Å²) in [7, 11) is 0. The highest BCUT2D eigenvalue weighted by Crippen LogP contribution is 2.19. The molecule has 1 aromatic rings. The zero-order chi connectivity index (χ0) is 19.4. The number of aromatic carboxylic acids is 1. The van der Waals surface area contributed by atoms with Gasteiger partial charge >= 0.3 is 11.9 Å². The molecule has 0 amide bonds. The molecule has 0 spiro atoms. The summed E-state index contributed by atoms with van der Waals surface area (Å²) in [5.74, 6) is -1.44. The third kappa shape index (κ3) is 8.03. The van der Waals surface area contributed by atoms with Crippen LogP contribution >= 0.6 is 0 Å². The smallest absolute Gasteiger partial charge is 0.339 e. The number of carboxylic acids is 1. The second-order valence-electron chi connectivity index (χ2n) is 7.30. The van der Waals surface area contributed by atoms with Crippen molar-refractivity contribution in [1.82, 2.24) is 0 Å². The van der Waals surface area contributed by atoms with E-state index >= 15 is 0 Å². The van der Waals surface area contributed by atoms with E-state index in [9.17, 15) is 14.7 Å². The van der Waals surface area contributed by atoms with Gasteiger partial charge in [0.2, 0.25) is 0 Å². The van der Waals surface area contributed by atoms with Crippen LogP contribution in [0.1, 0.15) is 99.3 Å². The van der Waals surface area contributed by atoms with Crippen LogP contribution in [0.5, 0.6) is 0 Å². The van der Waals surface area contributed by atoms with E-state index in [-0.39, 0.29) is 23.1 Å². The summed E-state index contributed by atoms with van der Waals surface area (Å²) in [6.45, 7) is 6.29. The minimum Gasteiger partial charge on any atom is -0.478 e. The molecule has 0 bridgehead atoms. The topological polar surface area (TPSA) is 63.6 Å². The molecule has 0 fully saturated rings. The normalized spacial score (nSPS) is 12.2. The lowest BCUT2D eigenvalue weighted by atomic mass is 9.99. The van der Waals surface area contributed by atoms with E-state index in [1.54, 1.807) is 12.1 Å². The molecular weight excluding hydrogens is 328 g/mol. The van der Waals surface area contributed by atoms with Crippen molar-refractivity contribution in [1.29, 1.82) is 0 Å². The summed E-state index contributed by atoms with van der Waals surface area (Å²) >= 11 is 0. The molecule has 0 aliphatic rings. The molecule has 1 aromatic carbocycles. The van der Waals surface area contributed by atoms with Crippen molar-refractivity contribution < 1.29 is 19.4 Å². The van der Waals surface area contributed by atoms with Crippen molar-refractivity contribution in [3.8, 4) is 0 Å². The summed E-state index contributed by atoms with van der Waals surface area (Å²) in [6.07, 6.45) is 10.6. The van der Waals surface area contributed by atoms with E-state index in [1.165, 1.54) is 50.7 Å². The van der Waals surface area contributed by atoms with E-state index in [4.69, 9.17) is 4.74 Å². The van der Waals surface area contributed by atoms with Gasteiger partial charge in [0.15, 0.2) is 0 Å². The van der Waals surface area contributed by atoms with Gasteiger partial charge in [0.05, 0.1) is 11.1 Å². The first-order valence-electron chi connectivity index (χ1n) is 10.0. The minimum atomic E-state index is -1.11. The highest BCUT2D eigenvalue weighted by Gasteiger charge is 2.22. The Bertz CT molecular complexity index is 551. The zero-order valence-corrected chi connectivity index (χ0v) is 16.5. The number of hydrogen-bond acceptors (Lipinski definition) is 3. The predicted molar refractivity (Wildman–Crippen MR) is 105 cm³/mol. The van der Waals surface area contributed by atoms with E-state index < -0.39 is 11.9 Å². The van der Waals surface area contributed by atoms with Gasteiger partial charge in [0.25, 0.3) is 0 Å². The van der Waals surface area contributed by atoms with Crippen LogP contribution in [0.3, 0.4) is 0 Å². The van der Waals surface area contributed by atoms with Gasteiger partial charge in [-0.3, -0.25) is 0 Å². The minimum absolute atomic E-state index is 0.00733. The summed E-state index contributed by atoms with van der Waals surface area (Å²) in [5.41, 5.74) is 0.119. The number of benzene rings is 1. The van der Waals surface area contributed by atoms with Gasteiger partial charge in [-0.05, 0) is 30.9 Å². The monoisotopic (exact) mass is 362 g/mol. The van der Waals surface area contributed by atoms with Crippen LogP contribution in [0.25, 0.3) is 0 Å². The maximum Gasteiger partial charge on any atom is 0.339 e. The fraction of sp³-hybridized carbons (Fsp3) is 0.636. The van der Waals surface area contributed by atoms with Gasteiger partial charge in [0.1, 0.15) is 6.10 Å². The zero-order valence-electron chi connectivity index (χ0n) is 16.5. The fourth-order valence-corrected chi connectivity index (χ4v) is 3.06. The molecule has 1 rings (SSSR count). The Balaban J connectivity index is 2.46. The Kier molecular flexibility index (Phi) is 10.7. The largest absolute Gasteiger partial charge is 0.478 e. The van der Waals surface area contributed by atoms with Crippen LogP contribution in [-0.2, 0) is 4.74 Å². The lowest BCUT2D eigenvalue weighted by Gasteiger charge is -2.22. The van der Waals surface area contributed by atoms with Crippen molar-refractivity contribution in [2.45, 2.75) is 84.7 Å². The van der Waals surface area contributed by atoms with Gasteiger partial charge in [0, 0.05) is 0 Å². The molecule has 26 heavy (non-hydrogen) atoms. The Morgan fingerprint density at radius 1 is 0.923 bits per heavy atom. The number of carbonyl (C=O) groups is 2. The quantitative estimate of drug-likeness (QED) is 0.340. The van der Waals surface area contributed by atoms with Crippen LogP contribution in [-0.4, -0.2) is 23.1 Å². The maximum atomic E-state index is 12.4. The number of hydrogen-bond donors (Lipinski definition) is 1. The van der Waals surface area contributed by atoms with Crippen LogP contribution in [0.4, 0.5) is 0 Å². The molecule has 0 aliphatic carbocycles. The van der Waals surface area contributed by atoms with Gasteiger partial charge in [-0.25, -0.2) is 9.59 Å². The van der Waals surface area contributed by atoms with Crippen molar-refractivity contribution >= 4 is 11.9 Å². The van der Waals surface area contributed by atoms with Crippen LogP contribution in [0.15, 0.2) is 24.3 Å². The molecule has 0 aromatic heterocycles. The molecular formula is C22H34O4. The van der Waals surface area contributed by atoms with Crippen molar-refractivity contribution in [2.24, 2.45) is 5.92 Å². The SMILES string of the molecule is CCCCCCCCCC[C@@H](OC(=O)c1ccccc1C(=O)O)C(C)C. The fourth-order valence-electron chi connectivity index (χ4n) is 3.06. The standard InChI is InChI=1S/C22H34O4/c1-4-5-6-7-8-9-10-11-16-20(17(2)3)26-22(25)19-15-13-12-14-18(19)21(23)24/h12-15,17,20H,4-11,16H2,1-3H3,(H,23,24)/t20-/m1/s1. The molecule has 1 N–H and O–H groups in total. The average molecular weight is 363 g/mol. The number of carboxylic acid groups (broad SMARTS) is 1. The van der Waals surface area contributed by atoms with Crippen LogP contribution in [0.2, 0.25) is 0 Å². The van der Waals surface area contributed by atoms with Crippen LogP contribution < -0.4 is 0 Å². The van der Waals surface area contributed by atoms with Gasteiger partial charge in [-0.1, -0.05) is 77.8 Å². The second-order valence-corrected chi connectivity index (χ2v) is 7.30. The molecule has 0 saturated carbocycles. The first-order valence-corrected chi connectivity index (χ1v) is 10.0. The number of carbonyl (C=O) groups excluding carboxylic acids is 1. The van der Waals surface area contributed by atoms with Gasteiger partial charge < -0.3 is 9.84 Å². The number of ether oxygens (including phenoxy) is 1. The second kappa shape index (κ2) is 12.5. The molecule has 4 heteroatoms. The number of rotatable bonds is 13. The highest BCUT2D eigenvalue weighted by molar-refractivity contribution is 6.02. The molecule has 0 radical (unpaired) electrons. The Labute approximate surface area is 158 Å². The average Bonchev–Trinajstić information content (AvgIpc) is 2.62. The first kappa shape index (κ1) is 22.2. The lowest BCUT2D eigenvalue weighted by Crippen LogP contribution is -2.24. The van der Waals surface area contributed by atoms with Gasteiger partial charge in [-0.15, -0.1) is 0 Å². The Morgan fingerprint density at radius 3 is 2.00 bits per heavy atom. The third-order valence-corrected chi connectivity index (χ3v) is 4.72. The molecule has 0 saturated heterocycles. The predicted octanol–water partition coefficient (Wildman–Crippen LogP) is 6.10. The van der Waals surface area contributed by atoms with E-state index in [0.717, 1.165) is 19.3 Å². The summed E-state index contributed by atoms with van der Waals surface area (Å²) in [5, 5.41) is 9.23. The molecule has 146 valence electrons. The molecule has 1 atom stereocenters. The lowest BCUT2D eigenvalue weighted by molar-refractivity contribution is 0.0147. The highest BCUT2D eigenvalue weighted by atomic mass is 16.5. The van der Waals surface area contributed by atoms with E-state index in [1.807, 2.05) is 13.8 Å². The molecule has 0 heterocycles. The molecule has 4 nitrogen and oxygen atoms in total. The van der Waals surface area contributed by atoms with E-state index in [0.29, 0.717) is 0 Å². The summed E-state index contributed by atoms with van der Waals surface area (Å²) in [6, 6.07) is 6.22. The Hall–Kier alpha value is -1.84. The molecule has 0 aliphatic heterocycles. The third-order valence-electron chi connectivity index (χ3n) is 4.72. The summed E-state index contributed by atoms with van der Waals surface area (Å²) in [4.78, 5) is 23.7. The summed E-state index contributed by atoms with van der Waals surface area (Å²) < 4.78 is 5.65. The van der Waals surface area contributed by atoms with Gasteiger partial charge in [-0.2, -0.15) is 0 Å². The Morgan fingerprint density at radius 2 is 1.46 bits per heavy atom. The first-order chi connectivity index (χ1) is 12.5. The van der Waals surface area contributed by atoms with Crippen LogP contribution in [0, 0.1) is 5.92 Å². The molecule has 0 unspecified atom stereocenters. The number of esters is 1. The maximum absolute atomic E-state index is 12.4. The van der Waals surface area contributed by atoms with E-state index in [2.05, 4.69) is 6.92 Å². The number of unbranched alkanes of at least 4 members (excludes halogenated alkanes) is 7. The van der Waals surface area contributed by atoms with Crippen molar-refractivity contribution in [3.63, 3.8) is 0 Å².